The van der Waals surface area contributed by atoms with Crippen molar-refractivity contribution in [1.82, 2.24) is 19.7 Å². The molecule has 0 radical (unpaired) electrons. The van der Waals surface area contributed by atoms with Crippen molar-refractivity contribution >= 4 is 17.7 Å². The summed E-state index contributed by atoms with van der Waals surface area (Å²) in [5.41, 5.74) is 3.38. The molecule has 2 heterocycles. The van der Waals surface area contributed by atoms with Gasteiger partial charge in [0.05, 0.1) is 19.0 Å². The van der Waals surface area contributed by atoms with Gasteiger partial charge in [-0.15, -0.1) is 10.2 Å². The van der Waals surface area contributed by atoms with Crippen LogP contribution in [-0.2, 0) is 16.0 Å². The zero-order valence-corrected chi connectivity index (χ0v) is 17.3. The number of aromatic nitrogens is 3. The number of carbonyl (C=O) groups is 1. The molecule has 6 nitrogen and oxygen atoms in total. The number of thioether (sulfide) groups is 1. The Morgan fingerprint density at radius 2 is 1.76 bits per heavy atom. The highest BCUT2D eigenvalue weighted by molar-refractivity contribution is 7.99. The minimum atomic E-state index is 0.112. The third kappa shape index (κ3) is 4.86. The lowest BCUT2D eigenvalue weighted by molar-refractivity contribution is -0.132. The molecule has 3 aromatic rings. The summed E-state index contributed by atoms with van der Waals surface area (Å²) in [4.78, 5) is 14.4. The molecule has 1 aliphatic heterocycles. The van der Waals surface area contributed by atoms with E-state index in [0.717, 1.165) is 16.7 Å². The third-order valence-corrected chi connectivity index (χ3v) is 5.80. The number of nitrogens with zero attached hydrogens (tertiary/aromatic N) is 4. The monoisotopic (exact) mass is 408 g/mol. The van der Waals surface area contributed by atoms with Crippen LogP contribution in [0.2, 0.25) is 0 Å². The van der Waals surface area contributed by atoms with Crippen LogP contribution >= 0.6 is 11.8 Å². The fourth-order valence-electron chi connectivity index (χ4n) is 3.27. The van der Waals surface area contributed by atoms with Gasteiger partial charge in [0.25, 0.3) is 0 Å². The Morgan fingerprint density at radius 3 is 2.48 bits per heavy atom. The van der Waals surface area contributed by atoms with Crippen molar-refractivity contribution in [3.8, 4) is 5.69 Å². The van der Waals surface area contributed by atoms with E-state index in [2.05, 4.69) is 58.1 Å². The average molecular weight is 409 g/mol. The molecule has 7 heteroatoms. The zero-order chi connectivity index (χ0) is 20.1. The topological polar surface area (TPSA) is 60.2 Å². The van der Waals surface area contributed by atoms with Crippen LogP contribution in [0.4, 0.5) is 0 Å². The van der Waals surface area contributed by atoms with Gasteiger partial charge in [0, 0.05) is 25.2 Å². The van der Waals surface area contributed by atoms with Gasteiger partial charge in [-0.2, -0.15) is 0 Å². The Balaban J connectivity index is 1.57. The minimum Gasteiger partial charge on any atom is -0.378 e. The van der Waals surface area contributed by atoms with E-state index < -0.39 is 0 Å². The van der Waals surface area contributed by atoms with Gasteiger partial charge in [-0.05, 0) is 24.6 Å². The van der Waals surface area contributed by atoms with Gasteiger partial charge in [-0.1, -0.05) is 59.8 Å². The SMILES string of the molecule is Cc1ccc(-n2c(Cc3ccccc3)nnc2SCC(=O)N2CCOCC2)cc1. The summed E-state index contributed by atoms with van der Waals surface area (Å²) in [6, 6.07) is 18.5. The van der Waals surface area contributed by atoms with Crippen molar-refractivity contribution < 1.29 is 9.53 Å². The number of carbonyl (C=O) groups excluding carboxylic acids is 1. The molecule has 150 valence electrons. The smallest absolute Gasteiger partial charge is 0.233 e. The van der Waals surface area contributed by atoms with Crippen LogP contribution in [0.25, 0.3) is 5.69 Å². The number of aryl methyl sites for hydroxylation is 1. The van der Waals surface area contributed by atoms with Crippen molar-refractivity contribution in [2.75, 3.05) is 32.1 Å². The molecule has 1 aliphatic rings. The molecule has 0 saturated carbocycles. The van der Waals surface area contributed by atoms with Crippen LogP contribution < -0.4 is 0 Å². The average Bonchev–Trinajstić information content (AvgIpc) is 3.16. The van der Waals surface area contributed by atoms with Gasteiger partial charge in [0.1, 0.15) is 5.82 Å². The van der Waals surface area contributed by atoms with E-state index in [1.54, 1.807) is 0 Å². The van der Waals surface area contributed by atoms with Crippen LogP contribution in [-0.4, -0.2) is 57.6 Å². The molecule has 0 atom stereocenters. The minimum absolute atomic E-state index is 0.112. The first-order valence-electron chi connectivity index (χ1n) is 9.74. The Hall–Kier alpha value is -2.64. The van der Waals surface area contributed by atoms with E-state index in [1.807, 2.05) is 23.1 Å². The fourth-order valence-corrected chi connectivity index (χ4v) is 4.14. The first kappa shape index (κ1) is 19.7. The zero-order valence-electron chi connectivity index (χ0n) is 16.5. The second kappa shape index (κ2) is 9.24. The lowest BCUT2D eigenvalue weighted by atomic mass is 10.1. The predicted octanol–water partition coefficient (Wildman–Crippen LogP) is 3.12. The highest BCUT2D eigenvalue weighted by atomic mass is 32.2. The lowest BCUT2D eigenvalue weighted by Crippen LogP contribution is -2.41. The lowest BCUT2D eigenvalue weighted by Gasteiger charge is -2.26. The summed E-state index contributed by atoms with van der Waals surface area (Å²) in [6.07, 6.45) is 0.680. The first-order chi connectivity index (χ1) is 14.2. The number of rotatable bonds is 6. The van der Waals surface area contributed by atoms with Crippen molar-refractivity contribution in [3.63, 3.8) is 0 Å². The number of morpholine rings is 1. The number of hydrogen-bond donors (Lipinski definition) is 0. The summed E-state index contributed by atoms with van der Waals surface area (Å²) in [7, 11) is 0. The number of hydrogen-bond acceptors (Lipinski definition) is 5. The van der Waals surface area contributed by atoms with Crippen molar-refractivity contribution in [1.29, 1.82) is 0 Å². The van der Waals surface area contributed by atoms with Gasteiger partial charge in [0.2, 0.25) is 5.91 Å². The van der Waals surface area contributed by atoms with E-state index in [-0.39, 0.29) is 5.91 Å². The van der Waals surface area contributed by atoms with Gasteiger partial charge in [-0.25, -0.2) is 0 Å². The Morgan fingerprint density at radius 1 is 1.03 bits per heavy atom. The third-order valence-electron chi connectivity index (χ3n) is 4.89. The van der Waals surface area contributed by atoms with Crippen molar-refractivity contribution in [2.24, 2.45) is 0 Å². The highest BCUT2D eigenvalue weighted by Crippen LogP contribution is 2.24. The molecule has 1 amide bonds. The Labute approximate surface area is 174 Å². The Bertz CT molecular complexity index is 951. The number of amides is 1. The summed E-state index contributed by atoms with van der Waals surface area (Å²) < 4.78 is 7.39. The molecule has 0 bridgehead atoms. The second-order valence-electron chi connectivity index (χ2n) is 7.01. The highest BCUT2D eigenvalue weighted by Gasteiger charge is 2.20. The van der Waals surface area contributed by atoms with Crippen LogP contribution in [0.1, 0.15) is 17.0 Å². The molecule has 1 fully saturated rings. The quantitative estimate of drug-likeness (QED) is 0.587. The van der Waals surface area contributed by atoms with Crippen LogP contribution in [0, 0.1) is 6.92 Å². The second-order valence-corrected chi connectivity index (χ2v) is 7.96. The van der Waals surface area contributed by atoms with Gasteiger partial charge < -0.3 is 9.64 Å². The molecule has 0 N–H and O–H groups in total. The first-order valence-corrected chi connectivity index (χ1v) is 10.7. The molecule has 29 heavy (non-hydrogen) atoms. The summed E-state index contributed by atoms with van der Waals surface area (Å²) >= 11 is 1.44. The standard InChI is InChI=1S/C22H24N4O2S/c1-17-7-9-19(10-8-17)26-20(15-18-5-3-2-4-6-18)23-24-22(26)29-16-21(27)25-11-13-28-14-12-25/h2-10H,11-16H2,1H3. The number of benzene rings is 2. The fraction of sp³-hybridized carbons (Fsp3) is 0.318. The molecule has 0 spiro atoms. The van der Waals surface area contributed by atoms with E-state index in [4.69, 9.17) is 4.74 Å². The molecule has 0 aliphatic carbocycles. The van der Waals surface area contributed by atoms with E-state index in [1.165, 1.54) is 22.9 Å². The molecule has 1 saturated heterocycles. The molecular weight excluding hydrogens is 384 g/mol. The van der Waals surface area contributed by atoms with Crippen LogP contribution in [0.5, 0.6) is 0 Å². The molecule has 0 unspecified atom stereocenters. The summed E-state index contributed by atoms with van der Waals surface area (Å²) in [6.45, 7) is 4.60. The Kier molecular flexibility index (Phi) is 6.27. The molecule has 2 aromatic carbocycles. The van der Waals surface area contributed by atoms with Crippen LogP contribution in [0.3, 0.4) is 0 Å². The van der Waals surface area contributed by atoms with Crippen molar-refractivity contribution in [2.45, 2.75) is 18.5 Å². The van der Waals surface area contributed by atoms with E-state index >= 15 is 0 Å². The number of ether oxygens (including phenoxy) is 1. The summed E-state index contributed by atoms with van der Waals surface area (Å²) in [5.74, 6) is 1.32. The maximum absolute atomic E-state index is 12.6. The van der Waals surface area contributed by atoms with Crippen molar-refractivity contribution in [3.05, 3.63) is 71.5 Å². The normalized spacial score (nSPS) is 14.2. The van der Waals surface area contributed by atoms with Gasteiger partial charge in [-0.3, -0.25) is 9.36 Å². The van der Waals surface area contributed by atoms with Crippen LogP contribution in [0.15, 0.2) is 59.8 Å². The maximum atomic E-state index is 12.6. The largest absolute Gasteiger partial charge is 0.378 e. The maximum Gasteiger partial charge on any atom is 0.233 e. The van der Waals surface area contributed by atoms with Gasteiger partial charge >= 0.3 is 0 Å². The van der Waals surface area contributed by atoms with Gasteiger partial charge in [0.15, 0.2) is 5.16 Å². The molecule has 4 rings (SSSR count). The van der Waals surface area contributed by atoms with E-state index in [9.17, 15) is 4.79 Å². The van der Waals surface area contributed by atoms with E-state index in [0.29, 0.717) is 38.5 Å². The molecular formula is C22H24N4O2S. The predicted molar refractivity (Wildman–Crippen MR) is 113 cm³/mol. The summed E-state index contributed by atoms with van der Waals surface area (Å²) in [5, 5.41) is 9.59. The molecule has 1 aromatic heterocycles.